The molecule has 0 bridgehead atoms. The molecule has 0 aliphatic carbocycles. The van der Waals surface area contributed by atoms with E-state index in [1.807, 2.05) is 0 Å². The number of hydrogen-bond acceptors (Lipinski definition) is 3. The van der Waals surface area contributed by atoms with Gasteiger partial charge in [0.15, 0.2) is 5.76 Å². The second-order valence-electron chi connectivity index (χ2n) is 5.95. The molecule has 0 unspecified atom stereocenters. The van der Waals surface area contributed by atoms with E-state index in [1.54, 1.807) is 72.8 Å². The highest BCUT2D eigenvalue weighted by molar-refractivity contribution is 6.33. The highest BCUT2D eigenvalue weighted by Gasteiger charge is 2.24. The molecule has 1 aromatic heterocycles. The average Bonchev–Trinajstić information content (AvgIpc) is 2.68. The zero-order chi connectivity index (χ0) is 19.0. The van der Waals surface area contributed by atoms with E-state index < -0.39 is 11.2 Å². The van der Waals surface area contributed by atoms with E-state index in [0.29, 0.717) is 32.1 Å². The van der Waals surface area contributed by atoms with Crippen LogP contribution >= 0.6 is 23.2 Å². The predicted molar refractivity (Wildman–Crippen MR) is 108 cm³/mol. The Kier molecular flexibility index (Phi) is 4.56. The van der Waals surface area contributed by atoms with Crippen molar-refractivity contribution in [3.63, 3.8) is 0 Å². The normalized spacial score (nSPS) is 10.9. The largest absolute Gasteiger partial charge is 0.455 e. The van der Waals surface area contributed by atoms with Gasteiger partial charge in [0.25, 0.3) is 0 Å². The van der Waals surface area contributed by atoms with Gasteiger partial charge >= 0.3 is 0 Å². The van der Waals surface area contributed by atoms with E-state index in [4.69, 9.17) is 27.6 Å². The van der Waals surface area contributed by atoms with Gasteiger partial charge in [0.05, 0.1) is 10.4 Å². The van der Waals surface area contributed by atoms with Gasteiger partial charge in [-0.25, -0.2) is 0 Å². The van der Waals surface area contributed by atoms with Crippen molar-refractivity contribution < 1.29 is 9.21 Å². The Bertz CT molecular complexity index is 1220. The average molecular weight is 395 g/mol. The lowest BCUT2D eigenvalue weighted by atomic mass is 9.97. The van der Waals surface area contributed by atoms with Crippen LogP contribution in [-0.4, -0.2) is 5.78 Å². The van der Waals surface area contributed by atoms with Crippen LogP contribution in [0.1, 0.15) is 15.9 Å². The Hall–Kier alpha value is -2.88. The molecule has 4 rings (SSSR count). The quantitative estimate of drug-likeness (QED) is 0.400. The predicted octanol–water partition coefficient (Wildman–Crippen LogP) is 6.00. The van der Waals surface area contributed by atoms with E-state index >= 15 is 0 Å². The van der Waals surface area contributed by atoms with Crippen LogP contribution in [0.5, 0.6) is 0 Å². The summed E-state index contributed by atoms with van der Waals surface area (Å²) in [5.41, 5.74) is 0.774. The maximum atomic E-state index is 13.2. The first-order valence-electron chi connectivity index (χ1n) is 8.17. The Morgan fingerprint density at radius 1 is 0.815 bits per heavy atom. The summed E-state index contributed by atoms with van der Waals surface area (Å²) < 4.78 is 5.98. The van der Waals surface area contributed by atoms with Crippen molar-refractivity contribution in [2.75, 3.05) is 0 Å². The van der Waals surface area contributed by atoms with Crippen molar-refractivity contribution in [1.82, 2.24) is 0 Å². The molecule has 0 saturated heterocycles. The van der Waals surface area contributed by atoms with E-state index in [2.05, 4.69) is 0 Å². The maximum Gasteiger partial charge on any atom is 0.204 e. The number of para-hydroxylation sites is 1. The van der Waals surface area contributed by atoms with Gasteiger partial charge in [-0.15, -0.1) is 0 Å². The first-order chi connectivity index (χ1) is 13.1. The standard InChI is InChI=1S/C22H12Cl2O3/c23-14-11-9-13(10-12-14)20(25)19-21(26)16-6-2-4-8-18(16)27-22(19)15-5-1-3-7-17(15)24/h1-12H. The Morgan fingerprint density at radius 2 is 1.48 bits per heavy atom. The van der Waals surface area contributed by atoms with Crippen LogP contribution in [0.2, 0.25) is 10.0 Å². The van der Waals surface area contributed by atoms with E-state index in [-0.39, 0.29) is 11.3 Å². The minimum absolute atomic E-state index is 0.0517. The highest BCUT2D eigenvalue weighted by Crippen LogP contribution is 2.32. The lowest BCUT2D eigenvalue weighted by Crippen LogP contribution is -2.18. The molecule has 0 N–H and O–H groups in total. The number of carbonyl (C=O) groups excluding carboxylic acids is 1. The molecule has 5 heteroatoms. The molecule has 4 aromatic rings. The molecule has 0 saturated carbocycles. The first-order valence-corrected chi connectivity index (χ1v) is 8.93. The zero-order valence-electron chi connectivity index (χ0n) is 13.9. The van der Waals surface area contributed by atoms with Gasteiger partial charge in [-0.2, -0.15) is 0 Å². The van der Waals surface area contributed by atoms with Gasteiger partial charge in [-0.3, -0.25) is 9.59 Å². The van der Waals surface area contributed by atoms with E-state index in [1.165, 1.54) is 0 Å². The van der Waals surface area contributed by atoms with Crippen LogP contribution in [0.15, 0.2) is 82.0 Å². The van der Waals surface area contributed by atoms with Gasteiger partial charge in [0.1, 0.15) is 11.1 Å². The number of fused-ring (bicyclic) bond motifs is 1. The topological polar surface area (TPSA) is 47.3 Å². The van der Waals surface area contributed by atoms with Crippen molar-refractivity contribution in [3.05, 3.63) is 104 Å². The zero-order valence-corrected chi connectivity index (χ0v) is 15.4. The lowest BCUT2D eigenvalue weighted by molar-refractivity contribution is 0.103. The molecule has 0 radical (unpaired) electrons. The monoisotopic (exact) mass is 394 g/mol. The second kappa shape index (κ2) is 7.03. The third-order valence-corrected chi connectivity index (χ3v) is 4.83. The van der Waals surface area contributed by atoms with Crippen molar-refractivity contribution in [3.8, 4) is 11.3 Å². The van der Waals surface area contributed by atoms with Gasteiger partial charge < -0.3 is 4.42 Å². The van der Waals surface area contributed by atoms with E-state index in [9.17, 15) is 9.59 Å². The molecule has 0 spiro atoms. The summed E-state index contributed by atoms with van der Waals surface area (Å²) in [4.78, 5) is 26.3. The molecule has 27 heavy (non-hydrogen) atoms. The molecule has 0 amide bonds. The van der Waals surface area contributed by atoms with Crippen LogP contribution in [0.3, 0.4) is 0 Å². The number of rotatable bonds is 3. The Balaban J connectivity index is 2.06. The number of benzene rings is 3. The summed E-state index contributed by atoms with van der Waals surface area (Å²) in [7, 11) is 0. The third kappa shape index (κ3) is 3.16. The van der Waals surface area contributed by atoms with Crippen LogP contribution < -0.4 is 5.43 Å². The van der Waals surface area contributed by atoms with Crippen LogP contribution in [0.4, 0.5) is 0 Å². The molecule has 0 aliphatic rings. The van der Waals surface area contributed by atoms with Gasteiger partial charge in [0.2, 0.25) is 11.2 Å². The molecular weight excluding hydrogens is 383 g/mol. The van der Waals surface area contributed by atoms with Crippen LogP contribution in [0, 0.1) is 0 Å². The van der Waals surface area contributed by atoms with E-state index in [0.717, 1.165) is 0 Å². The smallest absolute Gasteiger partial charge is 0.204 e. The van der Waals surface area contributed by atoms with Gasteiger partial charge in [0, 0.05) is 16.1 Å². The molecular formula is C22H12Cl2O3. The minimum atomic E-state index is -0.443. The summed E-state index contributed by atoms with van der Waals surface area (Å²) in [5, 5.41) is 1.23. The van der Waals surface area contributed by atoms with Gasteiger partial charge in [-0.1, -0.05) is 47.5 Å². The fraction of sp³-hybridized carbons (Fsp3) is 0. The minimum Gasteiger partial charge on any atom is -0.455 e. The lowest BCUT2D eigenvalue weighted by Gasteiger charge is -2.11. The molecule has 3 aromatic carbocycles. The van der Waals surface area contributed by atoms with Crippen LogP contribution in [0.25, 0.3) is 22.3 Å². The molecule has 132 valence electrons. The SMILES string of the molecule is O=C(c1ccc(Cl)cc1)c1c(-c2ccccc2Cl)oc2ccccc2c1=O. The molecule has 0 atom stereocenters. The molecule has 0 aliphatic heterocycles. The Labute approximate surface area is 164 Å². The van der Waals surface area contributed by atoms with Crippen molar-refractivity contribution in [2.45, 2.75) is 0 Å². The van der Waals surface area contributed by atoms with Gasteiger partial charge in [-0.05, 0) is 48.5 Å². The number of halogens is 2. The number of ketones is 1. The van der Waals surface area contributed by atoms with Crippen molar-refractivity contribution in [2.24, 2.45) is 0 Å². The maximum absolute atomic E-state index is 13.2. The molecule has 0 fully saturated rings. The molecule has 1 heterocycles. The fourth-order valence-electron chi connectivity index (χ4n) is 2.93. The first kappa shape index (κ1) is 17.5. The summed E-state index contributed by atoms with van der Waals surface area (Å²) in [6.07, 6.45) is 0. The summed E-state index contributed by atoms with van der Waals surface area (Å²) >= 11 is 12.2. The van der Waals surface area contributed by atoms with Crippen molar-refractivity contribution in [1.29, 1.82) is 0 Å². The fourth-order valence-corrected chi connectivity index (χ4v) is 3.28. The summed E-state index contributed by atoms with van der Waals surface area (Å²) in [5.74, 6) is -0.287. The third-order valence-electron chi connectivity index (χ3n) is 4.25. The molecule has 3 nitrogen and oxygen atoms in total. The van der Waals surface area contributed by atoms with Crippen LogP contribution in [-0.2, 0) is 0 Å². The number of hydrogen-bond donors (Lipinski definition) is 0. The Morgan fingerprint density at radius 3 is 2.22 bits per heavy atom. The highest BCUT2D eigenvalue weighted by atomic mass is 35.5. The second-order valence-corrected chi connectivity index (χ2v) is 6.79. The van der Waals surface area contributed by atoms with Crippen molar-refractivity contribution >= 4 is 40.0 Å². The number of carbonyl (C=O) groups is 1. The summed E-state index contributed by atoms with van der Waals surface area (Å²) in [6, 6.07) is 20.1. The summed E-state index contributed by atoms with van der Waals surface area (Å²) in [6.45, 7) is 0.